The van der Waals surface area contributed by atoms with Gasteiger partial charge in [0.25, 0.3) is 0 Å². The van der Waals surface area contributed by atoms with Crippen molar-refractivity contribution in [3.05, 3.63) is 83.9 Å². The zero-order valence-electron chi connectivity index (χ0n) is 17.4. The van der Waals surface area contributed by atoms with Crippen LogP contribution in [0.25, 0.3) is 17.1 Å². The van der Waals surface area contributed by atoms with Gasteiger partial charge < -0.3 is 10.1 Å². The Balaban J connectivity index is 1.58. The number of thioether (sulfide) groups is 1. The molecular formula is C24H21ClN4O2S. The number of ether oxygens (including phenoxy) is 1. The predicted octanol–water partition coefficient (Wildman–Crippen LogP) is 5.72. The van der Waals surface area contributed by atoms with Gasteiger partial charge in [-0.05, 0) is 55.5 Å². The molecule has 0 radical (unpaired) electrons. The SMILES string of the molecule is CCOc1ccc(-n2c(SCC(=O)Nc3ccc(Cl)cc3)nnc2-c2ccccc2)cc1. The minimum absolute atomic E-state index is 0.139. The number of carbonyl (C=O) groups is 1. The largest absolute Gasteiger partial charge is 0.494 e. The molecule has 1 amide bonds. The van der Waals surface area contributed by atoms with Gasteiger partial charge in [-0.1, -0.05) is 53.7 Å². The molecule has 1 heterocycles. The van der Waals surface area contributed by atoms with Crippen molar-refractivity contribution in [1.82, 2.24) is 14.8 Å². The maximum atomic E-state index is 12.5. The molecular weight excluding hydrogens is 444 g/mol. The number of halogens is 1. The third-order valence-electron chi connectivity index (χ3n) is 4.53. The number of aromatic nitrogens is 3. The van der Waals surface area contributed by atoms with Crippen LogP contribution >= 0.6 is 23.4 Å². The fourth-order valence-corrected chi connectivity index (χ4v) is 3.97. The summed E-state index contributed by atoms with van der Waals surface area (Å²) in [5.74, 6) is 1.55. The van der Waals surface area contributed by atoms with Gasteiger partial charge in [-0.2, -0.15) is 0 Å². The molecule has 0 fully saturated rings. The highest BCUT2D eigenvalue weighted by Gasteiger charge is 2.17. The Morgan fingerprint density at radius 2 is 1.72 bits per heavy atom. The lowest BCUT2D eigenvalue weighted by atomic mass is 10.2. The zero-order chi connectivity index (χ0) is 22.3. The topological polar surface area (TPSA) is 69.0 Å². The van der Waals surface area contributed by atoms with Crippen molar-refractivity contribution in [3.63, 3.8) is 0 Å². The highest BCUT2D eigenvalue weighted by molar-refractivity contribution is 7.99. The lowest BCUT2D eigenvalue weighted by molar-refractivity contribution is -0.113. The van der Waals surface area contributed by atoms with Crippen molar-refractivity contribution in [1.29, 1.82) is 0 Å². The summed E-state index contributed by atoms with van der Waals surface area (Å²) in [5.41, 5.74) is 2.52. The molecule has 162 valence electrons. The van der Waals surface area contributed by atoms with Crippen LogP contribution in [0.5, 0.6) is 5.75 Å². The molecule has 6 nitrogen and oxygen atoms in total. The van der Waals surface area contributed by atoms with E-state index in [-0.39, 0.29) is 11.7 Å². The van der Waals surface area contributed by atoms with Gasteiger partial charge in [0.05, 0.1) is 12.4 Å². The van der Waals surface area contributed by atoms with Crippen molar-refractivity contribution >= 4 is 35.0 Å². The van der Waals surface area contributed by atoms with Gasteiger partial charge >= 0.3 is 0 Å². The third-order valence-corrected chi connectivity index (χ3v) is 5.71. The monoisotopic (exact) mass is 464 g/mol. The zero-order valence-corrected chi connectivity index (χ0v) is 18.9. The maximum Gasteiger partial charge on any atom is 0.234 e. The Hall–Kier alpha value is -3.29. The molecule has 32 heavy (non-hydrogen) atoms. The van der Waals surface area contributed by atoms with Crippen molar-refractivity contribution in [2.75, 3.05) is 17.7 Å². The molecule has 0 aliphatic rings. The molecule has 0 aliphatic carbocycles. The molecule has 0 spiro atoms. The van der Waals surface area contributed by atoms with E-state index in [0.29, 0.717) is 28.3 Å². The Labute approximate surface area is 195 Å². The van der Waals surface area contributed by atoms with Gasteiger partial charge in [-0.3, -0.25) is 9.36 Å². The van der Waals surface area contributed by atoms with E-state index < -0.39 is 0 Å². The average molecular weight is 465 g/mol. The quantitative estimate of drug-likeness (QED) is 0.338. The molecule has 1 N–H and O–H groups in total. The number of rotatable bonds is 8. The number of hydrogen-bond acceptors (Lipinski definition) is 5. The molecule has 8 heteroatoms. The molecule has 0 saturated heterocycles. The van der Waals surface area contributed by atoms with Gasteiger partial charge in [-0.15, -0.1) is 10.2 Å². The fraction of sp³-hybridized carbons (Fsp3) is 0.125. The van der Waals surface area contributed by atoms with Crippen molar-refractivity contribution in [3.8, 4) is 22.8 Å². The summed E-state index contributed by atoms with van der Waals surface area (Å²) < 4.78 is 7.51. The number of carbonyl (C=O) groups excluding carboxylic acids is 1. The molecule has 4 aromatic rings. The lowest BCUT2D eigenvalue weighted by Crippen LogP contribution is -2.14. The number of amides is 1. The molecule has 3 aromatic carbocycles. The standard InChI is InChI=1S/C24H21ClN4O2S/c1-2-31-21-14-12-20(13-15-21)29-23(17-6-4-3-5-7-17)27-28-24(29)32-16-22(30)26-19-10-8-18(25)9-11-19/h3-15H,2,16H2,1H3,(H,26,30). The normalized spacial score (nSPS) is 10.7. The van der Waals surface area contributed by atoms with Crippen LogP contribution < -0.4 is 10.1 Å². The van der Waals surface area contributed by atoms with E-state index in [4.69, 9.17) is 16.3 Å². The number of hydrogen-bond donors (Lipinski definition) is 1. The van der Waals surface area contributed by atoms with E-state index in [1.807, 2.05) is 66.1 Å². The van der Waals surface area contributed by atoms with Crippen molar-refractivity contribution in [2.45, 2.75) is 12.1 Å². The lowest BCUT2D eigenvalue weighted by Gasteiger charge is -2.11. The first-order chi connectivity index (χ1) is 15.6. The van der Waals surface area contributed by atoms with Crippen LogP contribution in [0.4, 0.5) is 5.69 Å². The van der Waals surface area contributed by atoms with Crippen molar-refractivity contribution in [2.24, 2.45) is 0 Å². The van der Waals surface area contributed by atoms with Crippen LogP contribution in [0.3, 0.4) is 0 Å². The molecule has 0 saturated carbocycles. The number of nitrogens with one attached hydrogen (secondary N) is 1. The van der Waals surface area contributed by atoms with Crippen LogP contribution in [0.2, 0.25) is 5.02 Å². The molecule has 1 aromatic heterocycles. The Morgan fingerprint density at radius 3 is 2.41 bits per heavy atom. The number of benzene rings is 3. The second kappa shape index (κ2) is 10.3. The molecule has 4 rings (SSSR count). The van der Waals surface area contributed by atoms with Crippen LogP contribution in [-0.2, 0) is 4.79 Å². The van der Waals surface area contributed by atoms with Gasteiger partial charge in [0.2, 0.25) is 5.91 Å². The molecule has 0 aliphatic heterocycles. The highest BCUT2D eigenvalue weighted by atomic mass is 35.5. The van der Waals surface area contributed by atoms with E-state index in [0.717, 1.165) is 17.0 Å². The summed E-state index contributed by atoms with van der Waals surface area (Å²) in [6.07, 6.45) is 0. The summed E-state index contributed by atoms with van der Waals surface area (Å²) in [6, 6.07) is 24.6. The van der Waals surface area contributed by atoms with Crippen LogP contribution in [-0.4, -0.2) is 33.0 Å². The van der Waals surface area contributed by atoms with Crippen molar-refractivity contribution < 1.29 is 9.53 Å². The summed E-state index contributed by atoms with van der Waals surface area (Å²) in [7, 11) is 0. The number of nitrogens with zero attached hydrogens (tertiary/aromatic N) is 3. The maximum absolute atomic E-state index is 12.5. The first-order valence-electron chi connectivity index (χ1n) is 10.1. The highest BCUT2D eigenvalue weighted by Crippen LogP contribution is 2.29. The molecule has 0 bridgehead atoms. The van der Waals surface area contributed by atoms with Gasteiger partial charge in [0.1, 0.15) is 5.75 Å². The summed E-state index contributed by atoms with van der Waals surface area (Å²) in [4.78, 5) is 12.5. The second-order valence-electron chi connectivity index (χ2n) is 6.78. The second-order valence-corrected chi connectivity index (χ2v) is 8.16. The third kappa shape index (κ3) is 5.30. The Bertz CT molecular complexity index is 1180. The average Bonchev–Trinajstić information content (AvgIpc) is 3.24. The first-order valence-corrected chi connectivity index (χ1v) is 11.4. The molecule has 0 atom stereocenters. The van der Waals surface area contributed by atoms with Crippen LogP contribution in [0, 0.1) is 0 Å². The van der Waals surface area contributed by atoms with Gasteiger partial charge in [0.15, 0.2) is 11.0 Å². The summed E-state index contributed by atoms with van der Waals surface area (Å²) in [6.45, 7) is 2.55. The smallest absolute Gasteiger partial charge is 0.234 e. The first kappa shape index (κ1) is 21.9. The van der Waals surface area contributed by atoms with E-state index in [2.05, 4.69) is 15.5 Å². The Morgan fingerprint density at radius 1 is 1.00 bits per heavy atom. The van der Waals surface area contributed by atoms with Crippen LogP contribution in [0.1, 0.15) is 6.92 Å². The van der Waals surface area contributed by atoms with Crippen LogP contribution in [0.15, 0.2) is 84.0 Å². The molecule has 0 unspecified atom stereocenters. The summed E-state index contributed by atoms with van der Waals surface area (Å²) in [5, 5.41) is 12.9. The van der Waals surface area contributed by atoms with Gasteiger partial charge in [-0.25, -0.2) is 0 Å². The minimum Gasteiger partial charge on any atom is -0.494 e. The Kier molecular flexibility index (Phi) is 7.09. The van der Waals surface area contributed by atoms with E-state index in [1.54, 1.807) is 24.3 Å². The van der Waals surface area contributed by atoms with E-state index in [1.165, 1.54) is 11.8 Å². The summed E-state index contributed by atoms with van der Waals surface area (Å²) >= 11 is 7.22. The van der Waals surface area contributed by atoms with Gasteiger partial charge in [0, 0.05) is 22.0 Å². The minimum atomic E-state index is -0.139. The fourth-order valence-electron chi connectivity index (χ4n) is 3.09. The number of anilines is 1. The van der Waals surface area contributed by atoms with E-state index >= 15 is 0 Å². The predicted molar refractivity (Wildman–Crippen MR) is 129 cm³/mol. The van der Waals surface area contributed by atoms with E-state index in [9.17, 15) is 4.79 Å².